The maximum absolute atomic E-state index is 12.2. The van der Waals surface area contributed by atoms with E-state index >= 15 is 0 Å². The maximum atomic E-state index is 12.2. The van der Waals surface area contributed by atoms with Gasteiger partial charge in [-0.15, -0.1) is 0 Å². The number of halogens is 1. The van der Waals surface area contributed by atoms with Crippen LogP contribution in [0.2, 0.25) is 5.02 Å². The Kier molecular flexibility index (Phi) is 3.81. The van der Waals surface area contributed by atoms with Crippen molar-refractivity contribution in [3.05, 3.63) is 41.3 Å². The standard InChI is InChI=1S/C18H18ClN3O2/c1-2-24-18(23)11-6-7-22-15(8-11)16(12-9-20-21-10-12)13-4-3-5-14(19)17(13)22/h3-5,9-11H,2,6-8H2,1H3,(H,20,21). The van der Waals surface area contributed by atoms with Crippen LogP contribution in [0.5, 0.6) is 0 Å². The van der Waals surface area contributed by atoms with E-state index in [4.69, 9.17) is 16.3 Å². The first kappa shape index (κ1) is 15.3. The molecule has 0 bridgehead atoms. The highest BCUT2D eigenvalue weighted by Gasteiger charge is 2.31. The van der Waals surface area contributed by atoms with Crippen LogP contribution in [0.1, 0.15) is 19.0 Å². The molecule has 1 unspecified atom stereocenters. The minimum Gasteiger partial charge on any atom is -0.466 e. The Morgan fingerprint density at radius 3 is 3.12 bits per heavy atom. The third-order valence-corrected chi connectivity index (χ3v) is 4.99. The SMILES string of the molecule is CCOC(=O)C1CCn2c(c(-c3cn[nH]c3)c3cccc(Cl)c32)C1. The van der Waals surface area contributed by atoms with E-state index in [1.807, 2.05) is 31.5 Å². The summed E-state index contributed by atoms with van der Waals surface area (Å²) in [6.45, 7) is 3.02. The second-order valence-corrected chi connectivity index (χ2v) is 6.45. The predicted octanol–water partition coefficient (Wildman–Crippen LogP) is 3.81. The lowest BCUT2D eigenvalue weighted by atomic mass is 9.92. The highest BCUT2D eigenvalue weighted by molar-refractivity contribution is 6.35. The molecular formula is C18H18ClN3O2. The fourth-order valence-corrected chi connectivity index (χ4v) is 3.94. The molecule has 0 fully saturated rings. The highest BCUT2D eigenvalue weighted by Crippen LogP contribution is 2.41. The van der Waals surface area contributed by atoms with Gasteiger partial charge in [0.05, 0.1) is 29.3 Å². The van der Waals surface area contributed by atoms with Crippen molar-refractivity contribution < 1.29 is 9.53 Å². The van der Waals surface area contributed by atoms with Crippen LogP contribution < -0.4 is 0 Å². The van der Waals surface area contributed by atoms with E-state index in [1.165, 1.54) is 0 Å². The summed E-state index contributed by atoms with van der Waals surface area (Å²) in [7, 11) is 0. The molecule has 124 valence electrons. The van der Waals surface area contributed by atoms with Gasteiger partial charge in [0.15, 0.2) is 0 Å². The number of ether oxygens (including phenoxy) is 1. The fourth-order valence-electron chi connectivity index (χ4n) is 3.67. The number of aromatic nitrogens is 3. The van der Waals surface area contributed by atoms with Gasteiger partial charge in [0.25, 0.3) is 0 Å². The van der Waals surface area contributed by atoms with Gasteiger partial charge in [0.2, 0.25) is 0 Å². The zero-order valence-electron chi connectivity index (χ0n) is 13.4. The van der Waals surface area contributed by atoms with Crippen LogP contribution in [0.3, 0.4) is 0 Å². The summed E-state index contributed by atoms with van der Waals surface area (Å²) >= 11 is 6.48. The molecule has 0 aliphatic carbocycles. The zero-order valence-corrected chi connectivity index (χ0v) is 14.1. The highest BCUT2D eigenvalue weighted by atomic mass is 35.5. The van der Waals surface area contributed by atoms with Crippen molar-refractivity contribution in [2.45, 2.75) is 26.3 Å². The summed E-state index contributed by atoms with van der Waals surface area (Å²) in [5.41, 5.74) is 4.28. The van der Waals surface area contributed by atoms with Crippen molar-refractivity contribution in [2.24, 2.45) is 5.92 Å². The molecule has 0 saturated heterocycles. The van der Waals surface area contributed by atoms with Gasteiger partial charge in [0.1, 0.15) is 0 Å². The number of carbonyl (C=O) groups excluding carboxylic acids is 1. The monoisotopic (exact) mass is 343 g/mol. The lowest BCUT2D eigenvalue weighted by Crippen LogP contribution is -2.27. The van der Waals surface area contributed by atoms with Crippen LogP contribution in [0.25, 0.3) is 22.0 Å². The Hall–Kier alpha value is -2.27. The average Bonchev–Trinajstić information content (AvgIpc) is 3.20. The van der Waals surface area contributed by atoms with E-state index in [0.717, 1.165) is 45.7 Å². The molecule has 1 aliphatic heterocycles. The van der Waals surface area contributed by atoms with Crippen LogP contribution in [0.4, 0.5) is 0 Å². The Bertz CT molecular complexity index is 899. The van der Waals surface area contributed by atoms with Crippen molar-refractivity contribution in [1.29, 1.82) is 0 Å². The summed E-state index contributed by atoms with van der Waals surface area (Å²) < 4.78 is 7.48. The summed E-state index contributed by atoms with van der Waals surface area (Å²) in [6, 6.07) is 5.95. The van der Waals surface area contributed by atoms with Crippen molar-refractivity contribution >= 4 is 28.5 Å². The fraction of sp³-hybridized carbons (Fsp3) is 0.333. The average molecular weight is 344 g/mol. The zero-order chi connectivity index (χ0) is 16.7. The topological polar surface area (TPSA) is 59.9 Å². The Morgan fingerprint density at radius 1 is 1.50 bits per heavy atom. The van der Waals surface area contributed by atoms with Crippen LogP contribution in [0, 0.1) is 5.92 Å². The van der Waals surface area contributed by atoms with E-state index < -0.39 is 0 Å². The number of hydrogen-bond donors (Lipinski definition) is 1. The number of para-hydroxylation sites is 1. The van der Waals surface area contributed by atoms with E-state index in [0.29, 0.717) is 13.0 Å². The predicted molar refractivity (Wildman–Crippen MR) is 93.0 cm³/mol. The quantitative estimate of drug-likeness (QED) is 0.736. The van der Waals surface area contributed by atoms with E-state index in [9.17, 15) is 4.79 Å². The number of H-pyrrole nitrogens is 1. The summed E-state index contributed by atoms with van der Waals surface area (Å²) in [6.07, 6.45) is 5.12. The first-order chi connectivity index (χ1) is 11.7. The second-order valence-electron chi connectivity index (χ2n) is 6.04. The minimum atomic E-state index is -0.113. The van der Waals surface area contributed by atoms with Gasteiger partial charge < -0.3 is 9.30 Å². The minimum absolute atomic E-state index is 0.105. The molecular weight excluding hydrogens is 326 g/mol. The molecule has 0 spiro atoms. The maximum Gasteiger partial charge on any atom is 0.309 e. The summed E-state index contributed by atoms with van der Waals surface area (Å²) in [5, 5.41) is 8.79. The van der Waals surface area contributed by atoms with Gasteiger partial charge in [-0.25, -0.2) is 0 Å². The molecule has 4 rings (SSSR count). The van der Waals surface area contributed by atoms with Gasteiger partial charge >= 0.3 is 5.97 Å². The number of hydrogen-bond acceptors (Lipinski definition) is 3. The first-order valence-electron chi connectivity index (χ1n) is 8.16. The molecule has 3 aromatic rings. The molecule has 1 N–H and O–H groups in total. The number of aromatic amines is 1. The molecule has 1 aliphatic rings. The Balaban J connectivity index is 1.90. The van der Waals surface area contributed by atoms with Crippen LogP contribution in [-0.2, 0) is 22.5 Å². The Morgan fingerprint density at radius 2 is 2.38 bits per heavy atom. The van der Waals surface area contributed by atoms with E-state index in [2.05, 4.69) is 20.8 Å². The van der Waals surface area contributed by atoms with Gasteiger partial charge in [-0.1, -0.05) is 23.7 Å². The number of nitrogens with zero attached hydrogens (tertiary/aromatic N) is 2. The number of carbonyl (C=O) groups is 1. The van der Waals surface area contributed by atoms with E-state index in [-0.39, 0.29) is 11.9 Å². The molecule has 1 aromatic carbocycles. The van der Waals surface area contributed by atoms with Gasteiger partial charge in [-0.2, -0.15) is 5.10 Å². The molecule has 24 heavy (non-hydrogen) atoms. The van der Waals surface area contributed by atoms with E-state index in [1.54, 1.807) is 0 Å². The molecule has 0 amide bonds. The molecule has 0 radical (unpaired) electrons. The number of esters is 1. The van der Waals surface area contributed by atoms with Crippen molar-refractivity contribution in [3.63, 3.8) is 0 Å². The number of rotatable bonds is 3. The van der Waals surface area contributed by atoms with Crippen molar-refractivity contribution in [2.75, 3.05) is 6.61 Å². The first-order valence-corrected chi connectivity index (χ1v) is 8.53. The lowest BCUT2D eigenvalue weighted by Gasteiger charge is -2.24. The summed E-state index contributed by atoms with van der Waals surface area (Å²) in [4.78, 5) is 12.2. The van der Waals surface area contributed by atoms with Gasteiger partial charge in [-0.05, 0) is 19.4 Å². The normalized spacial score (nSPS) is 17.0. The van der Waals surface area contributed by atoms with Crippen molar-refractivity contribution in [1.82, 2.24) is 14.8 Å². The molecule has 1 atom stereocenters. The van der Waals surface area contributed by atoms with Crippen LogP contribution in [0.15, 0.2) is 30.6 Å². The smallest absolute Gasteiger partial charge is 0.309 e. The molecule has 6 heteroatoms. The second kappa shape index (κ2) is 5.98. The third kappa shape index (κ3) is 2.31. The third-order valence-electron chi connectivity index (χ3n) is 4.69. The van der Waals surface area contributed by atoms with Gasteiger partial charge in [0, 0.05) is 41.4 Å². The number of nitrogens with one attached hydrogen (secondary N) is 1. The largest absolute Gasteiger partial charge is 0.466 e. The van der Waals surface area contributed by atoms with Crippen molar-refractivity contribution in [3.8, 4) is 11.1 Å². The van der Waals surface area contributed by atoms with Gasteiger partial charge in [-0.3, -0.25) is 9.89 Å². The lowest BCUT2D eigenvalue weighted by molar-refractivity contribution is -0.148. The van der Waals surface area contributed by atoms with Crippen LogP contribution >= 0.6 is 11.6 Å². The summed E-state index contributed by atoms with van der Waals surface area (Å²) in [5.74, 6) is -0.218. The van der Waals surface area contributed by atoms with Crippen LogP contribution in [-0.4, -0.2) is 27.3 Å². The Labute approximate surface area is 144 Å². The molecule has 2 aromatic heterocycles. The molecule has 3 heterocycles. The number of fused-ring (bicyclic) bond motifs is 3. The molecule has 0 saturated carbocycles. The number of benzene rings is 1. The molecule has 5 nitrogen and oxygen atoms in total. The number of aryl methyl sites for hydroxylation is 1.